The number of hydrogen-bond donors (Lipinski definition) is 0. The summed E-state index contributed by atoms with van der Waals surface area (Å²) in [5.74, 6) is 0.312. The van der Waals surface area contributed by atoms with Crippen molar-refractivity contribution in [1.82, 2.24) is 0 Å². The molecule has 1 aliphatic rings. The van der Waals surface area contributed by atoms with Gasteiger partial charge in [0.05, 0.1) is 0 Å². The second kappa shape index (κ2) is 2.63. The van der Waals surface area contributed by atoms with Crippen LogP contribution in [0.5, 0.6) is 0 Å². The first-order valence-electron chi connectivity index (χ1n) is 3.84. The summed E-state index contributed by atoms with van der Waals surface area (Å²) in [5.41, 5.74) is 0.765. The molecule has 1 saturated carbocycles. The van der Waals surface area contributed by atoms with E-state index in [2.05, 4.69) is 6.58 Å². The van der Waals surface area contributed by atoms with Gasteiger partial charge in [-0.25, -0.2) is 0 Å². The molecule has 0 bridgehead atoms. The van der Waals surface area contributed by atoms with E-state index in [-0.39, 0.29) is 10.7 Å². The van der Waals surface area contributed by atoms with Crippen molar-refractivity contribution in [1.29, 1.82) is 0 Å². The lowest BCUT2D eigenvalue weighted by molar-refractivity contribution is -0.127. The Morgan fingerprint density at radius 1 is 1.73 bits per heavy atom. The van der Waals surface area contributed by atoms with Gasteiger partial charge in [0, 0.05) is 5.41 Å². The molecule has 0 heterocycles. The number of carbonyl (C=O) groups is 1. The van der Waals surface area contributed by atoms with E-state index in [9.17, 15) is 4.79 Å². The SMILES string of the molecule is C=C(C)[C@@H]1CC[C@]1(C)C(=O)Cl. The lowest BCUT2D eigenvalue weighted by atomic mass is 9.60. The fourth-order valence-corrected chi connectivity index (χ4v) is 1.97. The highest BCUT2D eigenvalue weighted by Gasteiger charge is 2.47. The maximum absolute atomic E-state index is 11.0. The van der Waals surface area contributed by atoms with E-state index in [4.69, 9.17) is 11.6 Å². The Morgan fingerprint density at radius 3 is 2.36 bits per heavy atom. The maximum atomic E-state index is 11.0. The fraction of sp³-hybridized carbons (Fsp3) is 0.667. The molecular weight excluding hydrogens is 160 g/mol. The number of hydrogen-bond acceptors (Lipinski definition) is 1. The largest absolute Gasteiger partial charge is 0.281 e. The normalized spacial score (nSPS) is 36.1. The molecule has 0 saturated heterocycles. The first-order chi connectivity index (χ1) is 4.98. The molecule has 1 rings (SSSR count). The number of allylic oxidation sites excluding steroid dienone is 1. The van der Waals surface area contributed by atoms with Crippen molar-refractivity contribution in [2.45, 2.75) is 26.7 Å². The molecule has 0 aromatic heterocycles. The molecule has 0 spiro atoms. The zero-order chi connectivity index (χ0) is 8.65. The molecule has 0 radical (unpaired) electrons. The van der Waals surface area contributed by atoms with E-state index in [1.54, 1.807) is 0 Å². The van der Waals surface area contributed by atoms with Crippen LogP contribution in [-0.4, -0.2) is 5.24 Å². The predicted molar refractivity (Wildman–Crippen MR) is 46.5 cm³/mol. The van der Waals surface area contributed by atoms with Crippen LogP contribution in [0.25, 0.3) is 0 Å². The Hall–Kier alpha value is -0.300. The van der Waals surface area contributed by atoms with Crippen LogP contribution in [0.1, 0.15) is 26.7 Å². The van der Waals surface area contributed by atoms with Crippen LogP contribution >= 0.6 is 11.6 Å². The summed E-state index contributed by atoms with van der Waals surface area (Å²) in [6, 6.07) is 0. The third-order valence-corrected chi connectivity index (χ3v) is 3.20. The molecule has 0 N–H and O–H groups in total. The van der Waals surface area contributed by atoms with Gasteiger partial charge in [0.25, 0.3) is 0 Å². The molecular formula is C9H13ClO. The molecule has 1 nitrogen and oxygen atoms in total. The molecule has 62 valence electrons. The first kappa shape index (κ1) is 8.79. The lowest BCUT2D eigenvalue weighted by Gasteiger charge is -2.44. The molecule has 0 unspecified atom stereocenters. The summed E-state index contributed by atoms with van der Waals surface area (Å²) >= 11 is 5.48. The summed E-state index contributed by atoms with van der Waals surface area (Å²) in [6.45, 7) is 7.73. The van der Waals surface area contributed by atoms with Crippen molar-refractivity contribution in [3.8, 4) is 0 Å². The van der Waals surface area contributed by atoms with Gasteiger partial charge < -0.3 is 0 Å². The molecule has 0 aromatic carbocycles. The molecule has 2 atom stereocenters. The van der Waals surface area contributed by atoms with Crippen molar-refractivity contribution in [3.63, 3.8) is 0 Å². The smallest absolute Gasteiger partial charge is 0.228 e. The highest BCUT2D eigenvalue weighted by atomic mass is 35.5. The Labute approximate surface area is 72.4 Å². The van der Waals surface area contributed by atoms with E-state index >= 15 is 0 Å². The highest BCUT2D eigenvalue weighted by molar-refractivity contribution is 6.64. The molecule has 0 aromatic rings. The second-order valence-corrected chi connectivity index (χ2v) is 3.97. The third-order valence-electron chi connectivity index (χ3n) is 2.77. The van der Waals surface area contributed by atoms with Gasteiger partial charge in [-0.1, -0.05) is 19.1 Å². The number of carbonyl (C=O) groups excluding carboxylic acids is 1. The van der Waals surface area contributed by atoms with E-state index in [0.29, 0.717) is 5.92 Å². The minimum Gasteiger partial charge on any atom is -0.281 e. The van der Waals surface area contributed by atoms with Crippen molar-refractivity contribution in [3.05, 3.63) is 12.2 Å². The standard InChI is InChI=1S/C9H13ClO/c1-6(2)7-4-5-9(7,3)8(10)11/h7H,1,4-5H2,2-3H3/t7-,9-/m0/s1. The molecule has 0 amide bonds. The zero-order valence-corrected chi connectivity index (χ0v) is 7.74. The van der Waals surface area contributed by atoms with Crippen LogP contribution in [0.2, 0.25) is 0 Å². The van der Waals surface area contributed by atoms with Crippen LogP contribution in [0.4, 0.5) is 0 Å². The molecule has 0 aliphatic heterocycles. The maximum Gasteiger partial charge on any atom is 0.228 e. The van der Waals surface area contributed by atoms with Gasteiger partial charge >= 0.3 is 0 Å². The summed E-state index contributed by atoms with van der Waals surface area (Å²) in [4.78, 5) is 11.0. The van der Waals surface area contributed by atoms with Gasteiger partial charge in [-0.3, -0.25) is 4.79 Å². The Balaban J connectivity index is 2.75. The Bertz CT molecular complexity index is 210. The van der Waals surface area contributed by atoms with E-state index in [1.165, 1.54) is 0 Å². The number of halogens is 1. The van der Waals surface area contributed by atoms with Crippen LogP contribution in [0.15, 0.2) is 12.2 Å². The van der Waals surface area contributed by atoms with E-state index in [0.717, 1.165) is 18.4 Å². The zero-order valence-electron chi connectivity index (χ0n) is 6.98. The van der Waals surface area contributed by atoms with Crippen LogP contribution in [-0.2, 0) is 4.79 Å². The van der Waals surface area contributed by atoms with Gasteiger partial charge in [0.2, 0.25) is 5.24 Å². The summed E-state index contributed by atoms with van der Waals surface area (Å²) in [7, 11) is 0. The van der Waals surface area contributed by atoms with Crippen LogP contribution in [0, 0.1) is 11.3 Å². The molecule has 11 heavy (non-hydrogen) atoms. The summed E-state index contributed by atoms with van der Waals surface area (Å²) < 4.78 is 0. The van der Waals surface area contributed by atoms with Crippen molar-refractivity contribution < 1.29 is 4.79 Å². The second-order valence-electron chi connectivity index (χ2n) is 3.63. The van der Waals surface area contributed by atoms with Crippen LogP contribution in [0.3, 0.4) is 0 Å². The topological polar surface area (TPSA) is 17.1 Å². The first-order valence-corrected chi connectivity index (χ1v) is 4.21. The predicted octanol–water partition coefficient (Wildman–Crippen LogP) is 2.74. The summed E-state index contributed by atoms with van der Waals surface area (Å²) in [5, 5.41) is -0.211. The molecule has 2 heteroatoms. The van der Waals surface area contributed by atoms with Crippen molar-refractivity contribution in [2.24, 2.45) is 11.3 Å². The van der Waals surface area contributed by atoms with Gasteiger partial charge in [-0.2, -0.15) is 0 Å². The highest BCUT2D eigenvalue weighted by Crippen LogP contribution is 2.50. The Kier molecular flexibility index (Phi) is 2.10. The van der Waals surface area contributed by atoms with Crippen LogP contribution < -0.4 is 0 Å². The average molecular weight is 173 g/mol. The van der Waals surface area contributed by atoms with Crippen molar-refractivity contribution >= 4 is 16.8 Å². The van der Waals surface area contributed by atoms with Gasteiger partial charge in [-0.15, -0.1) is 0 Å². The summed E-state index contributed by atoms with van der Waals surface area (Å²) in [6.07, 6.45) is 1.97. The van der Waals surface area contributed by atoms with Gasteiger partial charge in [-0.05, 0) is 37.3 Å². The average Bonchev–Trinajstić information content (AvgIpc) is 1.82. The van der Waals surface area contributed by atoms with Gasteiger partial charge in [0.1, 0.15) is 0 Å². The Morgan fingerprint density at radius 2 is 2.27 bits per heavy atom. The number of rotatable bonds is 2. The van der Waals surface area contributed by atoms with Crippen molar-refractivity contribution in [2.75, 3.05) is 0 Å². The minimum absolute atomic E-state index is 0.211. The quantitative estimate of drug-likeness (QED) is 0.463. The van der Waals surface area contributed by atoms with E-state index in [1.807, 2.05) is 13.8 Å². The third kappa shape index (κ3) is 1.22. The lowest BCUT2D eigenvalue weighted by Crippen LogP contribution is -2.42. The van der Waals surface area contributed by atoms with Gasteiger partial charge in [0.15, 0.2) is 0 Å². The monoisotopic (exact) mass is 172 g/mol. The minimum atomic E-state index is -0.312. The van der Waals surface area contributed by atoms with E-state index < -0.39 is 0 Å². The fourth-order valence-electron chi connectivity index (χ4n) is 1.75. The molecule has 1 fully saturated rings. The molecule has 1 aliphatic carbocycles.